The van der Waals surface area contributed by atoms with E-state index in [0.29, 0.717) is 11.1 Å². The van der Waals surface area contributed by atoms with E-state index in [-0.39, 0.29) is 17.0 Å². The van der Waals surface area contributed by atoms with Crippen LogP contribution in [-0.2, 0) is 14.7 Å². The lowest BCUT2D eigenvalue weighted by atomic mass is 10.0. The first-order chi connectivity index (χ1) is 14.9. The van der Waals surface area contributed by atoms with Crippen LogP contribution >= 0.6 is 0 Å². The molecule has 0 N–H and O–H groups in total. The summed E-state index contributed by atoms with van der Waals surface area (Å²) < 4.78 is 69.8. The maximum absolute atomic E-state index is 14.0. The molecule has 0 aliphatic carbocycles. The summed E-state index contributed by atoms with van der Waals surface area (Å²) in [6, 6.07) is 13.3. The zero-order valence-electron chi connectivity index (χ0n) is 18.7. The van der Waals surface area contributed by atoms with Gasteiger partial charge in [-0.3, -0.25) is 9.74 Å². The van der Waals surface area contributed by atoms with Gasteiger partial charge in [0.05, 0.1) is 10.9 Å². The molecule has 9 heteroatoms. The first kappa shape index (κ1) is 24.7. The minimum absolute atomic E-state index is 0.0981. The van der Waals surface area contributed by atoms with E-state index in [4.69, 9.17) is 4.84 Å². The maximum atomic E-state index is 14.0. The van der Waals surface area contributed by atoms with Crippen LogP contribution < -0.4 is 0 Å². The van der Waals surface area contributed by atoms with Crippen LogP contribution in [0.25, 0.3) is 0 Å². The molecule has 1 heterocycles. The van der Waals surface area contributed by atoms with Crippen LogP contribution in [0.4, 0.5) is 13.2 Å². The Balaban J connectivity index is 2.18. The van der Waals surface area contributed by atoms with Gasteiger partial charge in [-0.05, 0) is 45.0 Å². The smallest absolute Gasteiger partial charge is 0.297 e. The molecule has 5 nitrogen and oxygen atoms in total. The number of alkyl halides is 3. The quantitative estimate of drug-likeness (QED) is 0.608. The van der Waals surface area contributed by atoms with E-state index in [2.05, 4.69) is 0 Å². The summed E-state index contributed by atoms with van der Waals surface area (Å²) >= 11 is 0. The second-order valence-electron chi connectivity index (χ2n) is 8.45. The van der Waals surface area contributed by atoms with Crippen LogP contribution in [0.3, 0.4) is 0 Å². The van der Waals surface area contributed by atoms with Crippen molar-refractivity contribution < 1.29 is 26.4 Å². The summed E-state index contributed by atoms with van der Waals surface area (Å²) in [6.07, 6.45) is -7.33. The predicted molar refractivity (Wildman–Crippen MR) is 117 cm³/mol. The van der Waals surface area contributed by atoms with E-state index in [1.807, 2.05) is 32.7 Å². The summed E-state index contributed by atoms with van der Waals surface area (Å²) in [5.41, 5.74) is 0.908. The molecule has 0 aromatic heterocycles. The second kappa shape index (κ2) is 9.13. The normalized spacial score (nSPS) is 23.8. The molecular weight excluding hydrogens is 441 g/mol. The Morgan fingerprint density at radius 3 is 2.12 bits per heavy atom. The van der Waals surface area contributed by atoms with Crippen molar-refractivity contribution in [3.63, 3.8) is 0 Å². The van der Waals surface area contributed by atoms with Gasteiger partial charge in [-0.25, -0.2) is 8.42 Å². The molecule has 0 bridgehead atoms. The highest BCUT2D eigenvalue weighted by Gasteiger charge is 2.61. The molecule has 2 aromatic rings. The molecule has 2 aromatic carbocycles. The third-order valence-corrected chi connectivity index (χ3v) is 8.41. The molecule has 1 aliphatic heterocycles. The molecule has 1 saturated heterocycles. The van der Waals surface area contributed by atoms with E-state index in [1.54, 1.807) is 42.5 Å². The van der Waals surface area contributed by atoms with E-state index >= 15 is 0 Å². The fourth-order valence-corrected chi connectivity index (χ4v) is 6.53. The van der Waals surface area contributed by atoms with Crippen molar-refractivity contribution in [3.8, 4) is 0 Å². The number of hydroxylamine groups is 2. The Bertz CT molecular complexity index is 1030. The zero-order valence-corrected chi connectivity index (χ0v) is 19.6. The fraction of sp³-hybridized carbons (Fsp3) is 0.478. The molecule has 0 spiro atoms. The predicted octanol–water partition coefficient (Wildman–Crippen LogP) is 4.78. The van der Waals surface area contributed by atoms with Crippen LogP contribution in [0.5, 0.6) is 0 Å². The number of sulfone groups is 1. The highest BCUT2D eigenvalue weighted by molar-refractivity contribution is 7.92. The number of nitrogens with zero attached hydrogens (tertiary/aromatic N) is 2. The molecule has 4 atom stereocenters. The van der Waals surface area contributed by atoms with Crippen LogP contribution in [0.1, 0.15) is 44.0 Å². The molecule has 32 heavy (non-hydrogen) atoms. The van der Waals surface area contributed by atoms with Crippen molar-refractivity contribution in [2.24, 2.45) is 0 Å². The lowest BCUT2D eigenvalue weighted by Crippen LogP contribution is -2.44. The van der Waals surface area contributed by atoms with Gasteiger partial charge in [0, 0.05) is 19.1 Å². The molecule has 0 radical (unpaired) electrons. The number of hydrogen-bond donors (Lipinski definition) is 0. The fourth-order valence-electron chi connectivity index (χ4n) is 4.20. The third-order valence-electron chi connectivity index (χ3n) is 6.20. The summed E-state index contributed by atoms with van der Waals surface area (Å²) in [5, 5.41) is -0.838. The van der Waals surface area contributed by atoms with Gasteiger partial charge in [-0.2, -0.15) is 18.2 Å². The Hall–Kier alpha value is -1.94. The Kier molecular flexibility index (Phi) is 7.05. The van der Waals surface area contributed by atoms with Gasteiger partial charge in [-0.1, -0.05) is 48.5 Å². The second-order valence-corrected chi connectivity index (χ2v) is 10.5. The zero-order chi connectivity index (χ0) is 23.8. The van der Waals surface area contributed by atoms with Gasteiger partial charge in [0.1, 0.15) is 5.25 Å². The summed E-state index contributed by atoms with van der Waals surface area (Å²) in [6.45, 7) is 5.79. The Labute approximate surface area is 187 Å². The first-order valence-corrected chi connectivity index (χ1v) is 12.0. The van der Waals surface area contributed by atoms with E-state index in [0.717, 1.165) is 5.06 Å². The molecule has 1 aliphatic rings. The molecular formula is C23H29F3N2O3S. The molecule has 176 valence electrons. The standard InChI is InChI=1S/C23H29F3N2O3S/c1-15(2)27(4)16(3)18-13-9-10-14-19(18)32(29,30)21-20(17-11-7-6-8-12-17)28(5)31-22(21)23(24,25)26/h6-16,20-22H,1-5H3/t16-,20-,21-,22-/m0/s1. The average Bonchev–Trinajstić information content (AvgIpc) is 3.11. The molecule has 0 saturated carbocycles. The van der Waals surface area contributed by atoms with Gasteiger partial charge >= 0.3 is 6.18 Å². The number of benzene rings is 2. The van der Waals surface area contributed by atoms with Crippen molar-refractivity contribution in [1.82, 2.24) is 9.96 Å². The highest BCUT2D eigenvalue weighted by atomic mass is 32.2. The summed E-state index contributed by atoms with van der Waals surface area (Å²) in [4.78, 5) is 6.99. The van der Waals surface area contributed by atoms with Crippen LogP contribution in [0.2, 0.25) is 0 Å². The van der Waals surface area contributed by atoms with Gasteiger partial charge in [0.25, 0.3) is 0 Å². The number of hydrogen-bond acceptors (Lipinski definition) is 5. The van der Waals surface area contributed by atoms with Gasteiger partial charge in [0.2, 0.25) is 0 Å². The topological polar surface area (TPSA) is 49.9 Å². The van der Waals surface area contributed by atoms with E-state index < -0.39 is 33.4 Å². The molecule has 0 amide bonds. The van der Waals surface area contributed by atoms with Crippen LogP contribution in [0.15, 0.2) is 59.5 Å². The largest absolute Gasteiger partial charge is 0.418 e. The minimum atomic E-state index is -4.86. The van der Waals surface area contributed by atoms with Crippen molar-refractivity contribution in [2.75, 3.05) is 14.1 Å². The maximum Gasteiger partial charge on any atom is 0.418 e. The third kappa shape index (κ3) is 4.57. The first-order valence-electron chi connectivity index (χ1n) is 10.4. The lowest BCUT2D eigenvalue weighted by Gasteiger charge is -2.31. The molecule has 0 unspecified atom stereocenters. The van der Waals surface area contributed by atoms with Crippen molar-refractivity contribution in [1.29, 1.82) is 0 Å². The minimum Gasteiger partial charge on any atom is -0.297 e. The highest BCUT2D eigenvalue weighted by Crippen LogP contribution is 2.46. The number of halogens is 3. The van der Waals surface area contributed by atoms with Gasteiger partial charge in [0.15, 0.2) is 15.9 Å². The lowest BCUT2D eigenvalue weighted by molar-refractivity contribution is -0.260. The monoisotopic (exact) mass is 470 g/mol. The average molecular weight is 471 g/mol. The van der Waals surface area contributed by atoms with E-state index in [1.165, 1.54) is 19.2 Å². The van der Waals surface area contributed by atoms with Gasteiger partial charge in [-0.15, -0.1) is 0 Å². The number of rotatable bonds is 6. The van der Waals surface area contributed by atoms with Crippen molar-refractivity contribution in [2.45, 2.75) is 61.3 Å². The Morgan fingerprint density at radius 2 is 1.56 bits per heavy atom. The summed E-state index contributed by atoms with van der Waals surface area (Å²) in [5.74, 6) is 0. The molecule has 3 rings (SSSR count). The van der Waals surface area contributed by atoms with E-state index in [9.17, 15) is 21.6 Å². The molecule has 1 fully saturated rings. The SMILES string of the molecule is CC(C)N(C)[C@@H](C)c1ccccc1S(=O)(=O)[C@H]1[C@H](c2ccccc2)N(C)O[C@@H]1C(F)(F)F. The van der Waals surface area contributed by atoms with Gasteiger partial charge < -0.3 is 0 Å². The summed E-state index contributed by atoms with van der Waals surface area (Å²) in [7, 11) is -1.25. The Morgan fingerprint density at radius 1 is 1.00 bits per heavy atom. The van der Waals surface area contributed by atoms with Crippen LogP contribution in [0, 0.1) is 0 Å². The van der Waals surface area contributed by atoms with Crippen molar-refractivity contribution >= 4 is 9.84 Å². The van der Waals surface area contributed by atoms with Crippen molar-refractivity contribution in [3.05, 3.63) is 65.7 Å². The van der Waals surface area contributed by atoms with Crippen LogP contribution in [-0.4, -0.2) is 56.0 Å².